The van der Waals surface area contributed by atoms with Crippen LogP contribution in [0.1, 0.15) is 0 Å². The van der Waals surface area contributed by atoms with Crippen molar-refractivity contribution in [2.75, 3.05) is 17.3 Å². The first kappa shape index (κ1) is 15.4. The number of urea groups is 1. The summed E-state index contributed by atoms with van der Waals surface area (Å²) in [4.78, 5) is 22.9. The summed E-state index contributed by atoms with van der Waals surface area (Å²) in [5.74, 6) is 0. The van der Waals surface area contributed by atoms with Gasteiger partial charge in [0.25, 0.3) is 0 Å². The average molecular weight is 325 g/mol. The summed E-state index contributed by atoms with van der Waals surface area (Å²) in [5.41, 5.74) is 12.2. The second kappa shape index (κ2) is 6.22. The molecule has 0 unspecified atom stereocenters. The summed E-state index contributed by atoms with van der Waals surface area (Å²) in [5, 5.41) is 15.1. The molecule has 1 aromatic heterocycles. The van der Waals surface area contributed by atoms with Gasteiger partial charge in [0, 0.05) is 5.69 Å². The molecule has 2 aromatic rings. The third-order valence-electron chi connectivity index (χ3n) is 2.75. The molecule has 0 aliphatic carbocycles. The van der Waals surface area contributed by atoms with Crippen LogP contribution in [-0.4, -0.2) is 33.7 Å². The van der Waals surface area contributed by atoms with Gasteiger partial charge in [0.05, 0.1) is 28.8 Å². The number of nitrogen functional groups attached to an aromatic ring is 1. The van der Waals surface area contributed by atoms with Crippen LogP contribution in [0.5, 0.6) is 0 Å². The summed E-state index contributed by atoms with van der Waals surface area (Å²) in [6.45, 7) is -0.300. The van der Waals surface area contributed by atoms with Crippen LogP contribution in [0.15, 0.2) is 30.6 Å². The number of carboxylic acid groups (broad SMARTS) is 1. The zero-order chi connectivity index (χ0) is 16.3. The molecule has 0 aliphatic heterocycles. The molecule has 0 aliphatic rings. The molecule has 1 heterocycles. The van der Waals surface area contributed by atoms with E-state index in [1.807, 2.05) is 0 Å². The maximum absolute atomic E-state index is 11.4. The highest BCUT2D eigenvalue weighted by atomic mass is 35.5. The van der Waals surface area contributed by atoms with Crippen molar-refractivity contribution in [2.45, 2.75) is 0 Å². The van der Waals surface area contributed by atoms with Gasteiger partial charge in [-0.15, -0.1) is 0 Å². The molecular formula is C12H13ClN6O3. The van der Waals surface area contributed by atoms with Gasteiger partial charge in [0.15, 0.2) is 0 Å². The van der Waals surface area contributed by atoms with Crippen LogP contribution >= 0.6 is 11.6 Å². The maximum Gasteiger partial charge on any atom is 0.406 e. The van der Waals surface area contributed by atoms with Crippen LogP contribution in [0, 0.1) is 0 Å². The Balaban J connectivity index is 2.28. The molecule has 1 aromatic carbocycles. The quantitative estimate of drug-likeness (QED) is 0.494. The van der Waals surface area contributed by atoms with Gasteiger partial charge in [-0.1, -0.05) is 11.6 Å². The Kier molecular flexibility index (Phi) is 4.37. The number of nitrogens with two attached hydrogens (primary N) is 2. The summed E-state index contributed by atoms with van der Waals surface area (Å²) < 4.78 is 1.42. The van der Waals surface area contributed by atoms with Crippen molar-refractivity contribution >= 4 is 35.1 Å². The van der Waals surface area contributed by atoms with E-state index in [1.54, 1.807) is 18.2 Å². The number of amides is 3. The van der Waals surface area contributed by atoms with E-state index in [0.29, 0.717) is 22.1 Å². The molecule has 0 spiro atoms. The number of benzene rings is 1. The van der Waals surface area contributed by atoms with Crippen LogP contribution in [0.3, 0.4) is 0 Å². The predicted molar refractivity (Wildman–Crippen MR) is 81.1 cm³/mol. The van der Waals surface area contributed by atoms with Crippen LogP contribution in [-0.2, 0) is 0 Å². The third-order valence-corrected chi connectivity index (χ3v) is 3.06. The lowest BCUT2D eigenvalue weighted by atomic mass is 10.3. The van der Waals surface area contributed by atoms with Crippen LogP contribution in [0.25, 0.3) is 5.69 Å². The smallest absolute Gasteiger partial charge is 0.406 e. The van der Waals surface area contributed by atoms with Crippen molar-refractivity contribution in [2.24, 2.45) is 5.73 Å². The number of aromatic nitrogens is 2. The molecule has 10 heteroatoms. The van der Waals surface area contributed by atoms with Gasteiger partial charge in [0.2, 0.25) is 0 Å². The molecule has 0 saturated carbocycles. The van der Waals surface area contributed by atoms with E-state index in [0.717, 1.165) is 4.90 Å². The Morgan fingerprint density at radius 1 is 1.45 bits per heavy atom. The minimum Gasteiger partial charge on any atom is -0.465 e. The number of hydrogen-bond donors (Lipinski definition) is 4. The highest BCUT2D eigenvalue weighted by Gasteiger charge is 2.16. The molecule has 3 amide bonds. The Hall–Kier alpha value is -2.94. The molecule has 9 nitrogen and oxygen atoms in total. The van der Waals surface area contributed by atoms with Gasteiger partial charge in [-0.3, -0.25) is 4.90 Å². The van der Waals surface area contributed by atoms with E-state index in [2.05, 4.69) is 10.4 Å². The standard InChI is InChI=1S/C12H13ClN6O3/c13-9-3-7(14)1-2-10(9)19-5-8(4-17-19)18(11(15)20)6-16-12(21)22/h1-5,16H,6,14H2,(H2,15,20)(H,21,22). The molecule has 6 N–H and O–H groups in total. The molecule has 0 saturated heterocycles. The molecule has 0 atom stereocenters. The summed E-state index contributed by atoms with van der Waals surface area (Å²) >= 11 is 6.08. The number of carbonyl (C=O) groups excluding carboxylic acids is 1. The summed E-state index contributed by atoms with van der Waals surface area (Å²) in [6.07, 6.45) is 1.58. The predicted octanol–water partition coefficient (Wildman–Crippen LogP) is 1.22. The van der Waals surface area contributed by atoms with Gasteiger partial charge in [-0.2, -0.15) is 5.10 Å². The fourth-order valence-corrected chi connectivity index (χ4v) is 2.01. The molecule has 0 fully saturated rings. The molecule has 2 rings (SSSR count). The van der Waals surface area contributed by atoms with Crippen molar-refractivity contribution in [1.82, 2.24) is 15.1 Å². The van der Waals surface area contributed by atoms with Crippen molar-refractivity contribution in [3.63, 3.8) is 0 Å². The maximum atomic E-state index is 11.4. The Morgan fingerprint density at radius 2 is 2.18 bits per heavy atom. The topological polar surface area (TPSA) is 140 Å². The Bertz CT molecular complexity index is 717. The molecule has 0 radical (unpaired) electrons. The summed E-state index contributed by atoms with van der Waals surface area (Å²) in [7, 11) is 0. The lowest BCUT2D eigenvalue weighted by molar-refractivity contribution is 0.194. The van der Waals surface area contributed by atoms with Gasteiger partial charge >= 0.3 is 12.1 Å². The highest BCUT2D eigenvalue weighted by molar-refractivity contribution is 6.32. The van der Waals surface area contributed by atoms with Crippen LogP contribution < -0.4 is 21.7 Å². The van der Waals surface area contributed by atoms with Crippen molar-refractivity contribution < 1.29 is 14.7 Å². The third kappa shape index (κ3) is 3.38. The zero-order valence-electron chi connectivity index (χ0n) is 11.2. The van der Waals surface area contributed by atoms with E-state index in [4.69, 9.17) is 28.2 Å². The van der Waals surface area contributed by atoms with E-state index in [9.17, 15) is 9.59 Å². The monoisotopic (exact) mass is 324 g/mol. The first-order valence-corrected chi connectivity index (χ1v) is 6.40. The first-order valence-electron chi connectivity index (χ1n) is 6.02. The number of nitrogens with one attached hydrogen (secondary N) is 1. The zero-order valence-corrected chi connectivity index (χ0v) is 12.0. The van der Waals surface area contributed by atoms with Gasteiger partial charge < -0.3 is 21.9 Å². The molecule has 116 valence electrons. The van der Waals surface area contributed by atoms with E-state index < -0.39 is 12.1 Å². The SMILES string of the molecule is NC(=O)N(CNC(=O)O)c1cnn(-c2ccc(N)cc2Cl)c1. The number of nitrogens with zero attached hydrogens (tertiary/aromatic N) is 3. The minimum atomic E-state index is -1.28. The second-order valence-corrected chi connectivity index (χ2v) is 4.67. The van der Waals surface area contributed by atoms with Crippen LogP contribution in [0.2, 0.25) is 5.02 Å². The number of hydrogen-bond acceptors (Lipinski definition) is 4. The normalized spacial score (nSPS) is 10.2. The number of rotatable bonds is 4. The number of anilines is 2. The van der Waals surface area contributed by atoms with E-state index >= 15 is 0 Å². The molecule has 22 heavy (non-hydrogen) atoms. The molecular weight excluding hydrogens is 312 g/mol. The van der Waals surface area contributed by atoms with Gasteiger partial charge in [-0.05, 0) is 18.2 Å². The number of carbonyl (C=O) groups is 2. The van der Waals surface area contributed by atoms with Crippen LogP contribution in [0.4, 0.5) is 21.0 Å². The van der Waals surface area contributed by atoms with Crippen molar-refractivity contribution in [1.29, 1.82) is 0 Å². The van der Waals surface area contributed by atoms with E-state index in [1.165, 1.54) is 17.1 Å². The Labute approximate surface area is 130 Å². The van der Waals surface area contributed by atoms with Gasteiger partial charge in [0.1, 0.15) is 6.67 Å². The number of halogens is 1. The van der Waals surface area contributed by atoms with Crippen molar-refractivity contribution in [3.05, 3.63) is 35.6 Å². The average Bonchev–Trinajstić information content (AvgIpc) is 2.87. The molecule has 0 bridgehead atoms. The minimum absolute atomic E-state index is 0.300. The second-order valence-electron chi connectivity index (χ2n) is 4.26. The summed E-state index contributed by atoms with van der Waals surface area (Å²) in [6, 6.07) is 4.06. The first-order chi connectivity index (χ1) is 10.4. The van der Waals surface area contributed by atoms with E-state index in [-0.39, 0.29) is 6.67 Å². The van der Waals surface area contributed by atoms with Crippen molar-refractivity contribution in [3.8, 4) is 5.69 Å². The lowest BCUT2D eigenvalue weighted by Crippen LogP contribution is -2.43. The van der Waals surface area contributed by atoms with Gasteiger partial charge in [-0.25, -0.2) is 14.3 Å². The largest absolute Gasteiger partial charge is 0.465 e. The number of primary amides is 1. The Morgan fingerprint density at radius 3 is 2.77 bits per heavy atom. The fourth-order valence-electron chi connectivity index (χ4n) is 1.74. The fraction of sp³-hybridized carbons (Fsp3) is 0.0833. The lowest BCUT2D eigenvalue weighted by Gasteiger charge is -2.17. The highest BCUT2D eigenvalue weighted by Crippen LogP contribution is 2.24.